The number of hydrogen-bond acceptors (Lipinski definition) is 4. The van der Waals surface area contributed by atoms with Gasteiger partial charge in [-0.25, -0.2) is 0 Å². The maximum atomic E-state index is 6.00. The third kappa shape index (κ3) is 3.02. The third-order valence-corrected chi connectivity index (χ3v) is 3.68. The summed E-state index contributed by atoms with van der Waals surface area (Å²) < 4.78 is 5.64. The number of fused-ring (bicyclic) bond motifs is 1. The molecule has 0 amide bonds. The van der Waals surface area contributed by atoms with Gasteiger partial charge in [0.1, 0.15) is 0 Å². The van der Waals surface area contributed by atoms with Crippen LogP contribution < -0.4 is 11.1 Å². The Morgan fingerprint density at radius 2 is 2.20 bits per heavy atom. The lowest BCUT2D eigenvalue weighted by Crippen LogP contribution is -2.11. The van der Waals surface area contributed by atoms with E-state index in [0.29, 0.717) is 0 Å². The van der Waals surface area contributed by atoms with E-state index < -0.39 is 0 Å². The zero-order valence-electron chi connectivity index (χ0n) is 11.9. The van der Waals surface area contributed by atoms with Crippen LogP contribution in [0.25, 0.3) is 10.8 Å². The van der Waals surface area contributed by atoms with Gasteiger partial charge in [-0.1, -0.05) is 0 Å². The van der Waals surface area contributed by atoms with Crippen LogP contribution >= 0.6 is 0 Å². The second kappa shape index (κ2) is 5.67. The summed E-state index contributed by atoms with van der Waals surface area (Å²) in [4.78, 5) is 4.31. The molecular weight excluding hydrogens is 250 g/mol. The molecule has 20 heavy (non-hydrogen) atoms. The number of anilines is 2. The third-order valence-electron chi connectivity index (χ3n) is 3.68. The number of nitrogens with zero attached hydrogens (tertiary/aromatic N) is 1. The Morgan fingerprint density at radius 3 is 3.00 bits per heavy atom. The van der Waals surface area contributed by atoms with Crippen LogP contribution in [-0.2, 0) is 4.74 Å². The first-order valence-electron chi connectivity index (χ1n) is 7.20. The van der Waals surface area contributed by atoms with E-state index in [1.54, 1.807) is 0 Å². The molecule has 1 aromatic heterocycles. The summed E-state index contributed by atoms with van der Waals surface area (Å²) in [5.74, 6) is 0.820. The van der Waals surface area contributed by atoms with Crippen molar-refractivity contribution in [2.45, 2.75) is 19.8 Å². The highest BCUT2D eigenvalue weighted by Gasteiger charge is 2.20. The van der Waals surface area contributed by atoms with E-state index >= 15 is 0 Å². The van der Waals surface area contributed by atoms with Crippen molar-refractivity contribution in [1.82, 2.24) is 4.98 Å². The van der Waals surface area contributed by atoms with Gasteiger partial charge in [0.2, 0.25) is 0 Å². The number of nitrogens with one attached hydrogen (secondary N) is 1. The average molecular weight is 271 g/mol. The topological polar surface area (TPSA) is 60.2 Å². The predicted molar refractivity (Wildman–Crippen MR) is 82.9 cm³/mol. The molecule has 0 bridgehead atoms. The Balaban J connectivity index is 1.66. The zero-order valence-corrected chi connectivity index (χ0v) is 11.9. The molecule has 4 heteroatoms. The van der Waals surface area contributed by atoms with Crippen LogP contribution in [0.15, 0.2) is 24.4 Å². The largest absolute Gasteiger partial charge is 0.398 e. The standard InChI is InChI=1S/C16H21N3O/c1-11-8-13-14(9-19-11)15(17)4-5-16(13)18-6-7-20-10-12-2-3-12/h4-5,8-9,12,18H,2-3,6-7,10,17H2,1H3. The lowest BCUT2D eigenvalue weighted by atomic mass is 10.1. The molecule has 0 radical (unpaired) electrons. The molecule has 0 saturated heterocycles. The Kier molecular flexibility index (Phi) is 3.74. The average Bonchev–Trinajstić information content (AvgIpc) is 3.25. The fourth-order valence-corrected chi connectivity index (χ4v) is 2.31. The molecule has 0 spiro atoms. The number of pyridine rings is 1. The Hall–Kier alpha value is -1.81. The second-order valence-electron chi connectivity index (χ2n) is 5.52. The van der Waals surface area contributed by atoms with Gasteiger partial charge in [-0.05, 0) is 43.9 Å². The molecule has 0 aliphatic heterocycles. The highest BCUT2D eigenvalue weighted by Crippen LogP contribution is 2.29. The van der Waals surface area contributed by atoms with Crippen LogP contribution in [-0.4, -0.2) is 24.7 Å². The van der Waals surface area contributed by atoms with Crippen LogP contribution in [0.3, 0.4) is 0 Å². The van der Waals surface area contributed by atoms with Crippen molar-refractivity contribution in [3.63, 3.8) is 0 Å². The van der Waals surface area contributed by atoms with Crippen LogP contribution in [0.2, 0.25) is 0 Å². The van der Waals surface area contributed by atoms with Crippen LogP contribution in [0, 0.1) is 12.8 Å². The maximum Gasteiger partial charge on any atom is 0.0639 e. The number of aromatic nitrogens is 1. The van der Waals surface area contributed by atoms with Crippen LogP contribution in [0.5, 0.6) is 0 Å². The van der Waals surface area contributed by atoms with E-state index in [0.717, 1.165) is 53.5 Å². The van der Waals surface area contributed by atoms with Crippen molar-refractivity contribution < 1.29 is 4.74 Å². The molecule has 0 unspecified atom stereocenters. The van der Waals surface area contributed by atoms with Crippen molar-refractivity contribution in [2.24, 2.45) is 5.92 Å². The number of ether oxygens (including phenoxy) is 1. The van der Waals surface area contributed by atoms with E-state index in [-0.39, 0.29) is 0 Å². The van der Waals surface area contributed by atoms with Crippen molar-refractivity contribution >= 4 is 22.1 Å². The molecule has 2 aromatic rings. The van der Waals surface area contributed by atoms with Crippen molar-refractivity contribution in [3.8, 4) is 0 Å². The monoisotopic (exact) mass is 271 g/mol. The fourth-order valence-electron chi connectivity index (χ4n) is 2.31. The summed E-state index contributed by atoms with van der Waals surface area (Å²) in [5.41, 5.74) is 8.85. The molecule has 1 saturated carbocycles. The van der Waals surface area contributed by atoms with Gasteiger partial charge in [0.05, 0.1) is 6.61 Å². The summed E-state index contributed by atoms with van der Waals surface area (Å²) in [6.45, 7) is 4.46. The summed E-state index contributed by atoms with van der Waals surface area (Å²) in [7, 11) is 0. The quantitative estimate of drug-likeness (QED) is 0.626. The number of benzene rings is 1. The van der Waals surface area contributed by atoms with Gasteiger partial charge in [-0.15, -0.1) is 0 Å². The van der Waals surface area contributed by atoms with E-state index in [4.69, 9.17) is 10.5 Å². The van der Waals surface area contributed by atoms with Gasteiger partial charge >= 0.3 is 0 Å². The number of rotatable bonds is 6. The highest BCUT2D eigenvalue weighted by molar-refractivity contribution is 6.00. The number of nitrogen functional groups attached to an aromatic ring is 1. The first kappa shape index (κ1) is 13.2. The molecule has 4 nitrogen and oxygen atoms in total. The van der Waals surface area contributed by atoms with E-state index in [1.165, 1.54) is 12.8 Å². The van der Waals surface area contributed by atoms with E-state index in [1.807, 2.05) is 25.3 Å². The summed E-state index contributed by atoms with van der Waals surface area (Å²) in [5, 5.41) is 5.55. The molecule has 1 aromatic carbocycles. The first-order valence-corrected chi connectivity index (χ1v) is 7.20. The second-order valence-corrected chi connectivity index (χ2v) is 5.52. The van der Waals surface area contributed by atoms with Crippen molar-refractivity contribution in [1.29, 1.82) is 0 Å². The van der Waals surface area contributed by atoms with Gasteiger partial charge in [0.15, 0.2) is 0 Å². The van der Waals surface area contributed by atoms with E-state index in [9.17, 15) is 0 Å². The minimum absolute atomic E-state index is 0.742. The molecular formula is C16H21N3O. The number of aryl methyl sites for hydroxylation is 1. The van der Waals surface area contributed by atoms with Gasteiger partial charge < -0.3 is 15.8 Å². The van der Waals surface area contributed by atoms with E-state index in [2.05, 4.69) is 16.4 Å². The SMILES string of the molecule is Cc1cc2c(NCCOCC3CC3)ccc(N)c2cn1. The Labute approximate surface area is 119 Å². The maximum absolute atomic E-state index is 6.00. The van der Waals surface area contributed by atoms with Crippen molar-refractivity contribution in [2.75, 3.05) is 30.8 Å². The Morgan fingerprint density at radius 1 is 1.35 bits per heavy atom. The normalized spacial score (nSPS) is 14.7. The van der Waals surface area contributed by atoms with Crippen LogP contribution in [0.1, 0.15) is 18.5 Å². The van der Waals surface area contributed by atoms with Gasteiger partial charge in [0, 0.05) is 47.2 Å². The molecule has 0 atom stereocenters. The number of hydrogen-bond donors (Lipinski definition) is 2. The molecule has 106 valence electrons. The molecule has 1 heterocycles. The molecule has 1 aliphatic carbocycles. The minimum atomic E-state index is 0.742. The smallest absolute Gasteiger partial charge is 0.0639 e. The molecule has 1 aliphatic rings. The Bertz CT molecular complexity index is 608. The highest BCUT2D eigenvalue weighted by atomic mass is 16.5. The lowest BCUT2D eigenvalue weighted by molar-refractivity contribution is 0.134. The lowest BCUT2D eigenvalue weighted by Gasteiger charge is -2.12. The van der Waals surface area contributed by atoms with Gasteiger partial charge in [-0.3, -0.25) is 4.98 Å². The molecule has 3 rings (SSSR count). The minimum Gasteiger partial charge on any atom is -0.398 e. The van der Waals surface area contributed by atoms with Crippen LogP contribution in [0.4, 0.5) is 11.4 Å². The number of nitrogens with two attached hydrogens (primary N) is 1. The predicted octanol–water partition coefficient (Wildman–Crippen LogP) is 2.96. The molecule has 1 fully saturated rings. The fraction of sp³-hybridized carbons (Fsp3) is 0.438. The zero-order chi connectivity index (χ0) is 13.9. The summed E-state index contributed by atoms with van der Waals surface area (Å²) >= 11 is 0. The van der Waals surface area contributed by atoms with Gasteiger partial charge in [0.25, 0.3) is 0 Å². The summed E-state index contributed by atoms with van der Waals surface area (Å²) in [6, 6.07) is 6.02. The summed E-state index contributed by atoms with van der Waals surface area (Å²) in [6.07, 6.45) is 4.51. The molecule has 3 N–H and O–H groups in total. The first-order chi connectivity index (χ1) is 9.74. The van der Waals surface area contributed by atoms with Gasteiger partial charge in [-0.2, -0.15) is 0 Å². The van der Waals surface area contributed by atoms with Crippen molar-refractivity contribution in [3.05, 3.63) is 30.1 Å².